The van der Waals surface area contributed by atoms with Gasteiger partial charge in [0.25, 0.3) is 11.9 Å². The van der Waals surface area contributed by atoms with Gasteiger partial charge in [-0.05, 0) is 30.1 Å². The van der Waals surface area contributed by atoms with Gasteiger partial charge in [-0.15, -0.1) is 0 Å². The summed E-state index contributed by atoms with van der Waals surface area (Å²) in [6.45, 7) is 5.05. The molecule has 0 saturated carbocycles. The number of carbonyl (C=O) groups excluding carboxylic acids is 1. The molecule has 0 N–H and O–H groups in total. The predicted molar refractivity (Wildman–Crippen MR) is 94.1 cm³/mol. The molecule has 136 valence electrons. The molecule has 7 heteroatoms. The molecule has 7 nitrogen and oxygen atoms in total. The minimum absolute atomic E-state index is 0.101. The van der Waals surface area contributed by atoms with Crippen LogP contribution in [0.4, 0.5) is 5.95 Å². The number of piperidine rings is 1. The van der Waals surface area contributed by atoms with E-state index in [0.29, 0.717) is 17.3 Å². The minimum atomic E-state index is 0.101. The van der Waals surface area contributed by atoms with E-state index in [1.165, 1.54) is 0 Å². The molecule has 0 unspecified atom stereocenters. The Morgan fingerprint density at radius 2 is 1.85 bits per heavy atom. The lowest BCUT2D eigenvalue weighted by Gasteiger charge is -2.54. The standard InChI is InChI=1S/C19H22N4O3/c24-17(15-4-2-1-3-5-15)22-8-6-14(7-9-22)16-20-18(21-26-16)23-10-19(11-23)12-25-13-19/h1-5,14H,6-13H2. The maximum absolute atomic E-state index is 12.5. The number of amides is 1. The van der Waals surface area contributed by atoms with Crippen LogP contribution < -0.4 is 4.90 Å². The van der Waals surface area contributed by atoms with Gasteiger partial charge in [-0.2, -0.15) is 4.98 Å². The Bertz CT molecular complexity index is 786. The second-order valence-electron chi connectivity index (χ2n) is 7.71. The van der Waals surface area contributed by atoms with E-state index in [1.54, 1.807) is 0 Å². The Labute approximate surface area is 151 Å². The summed E-state index contributed by atoms with van der Waals surface area (Å²) in [7, 11) is 0. The fourth-order valence-corrected chi connectivity index (χ4v) is 4.09. The molecule has 1 aromatic heterocycles. The monoisotopic (exact) mass is 354 g/mol. The van der Waals surface area contributed by atoms with Gasteiger partial charge in [0.1, 0.15) is 0 Å². The first-order valence-corrected chi connectivity index (χ1v) is 9.23. The molecule has 4 heterocycles. The van der Waals surface area contributed by atoms with Crippen LogP contribution in [0.5, 0.6) is 0 Å². The fourth-order valence-electron chi connectivity index (χ4n) is 4.09. The maximum atomic E-state index is 12.5. The lowest BCUT2D eigenvalue weighted by Crippen LogP contribution is -2.66. The van der Waals surface area contributed by atoms with Gasteiger partial charge in [-0.3, -0.25) is 4.79 Å². The predicted octanol–water partition coefficient (Wildman–Crippen LogP) is 1.93. The van der Waals surface area contributed by atoms with Crippen molar-refractivity contribution in [1.82, 2.24) is 15.0 Å². The number of nitrogens with zero attached hydrogens (tertiary/aromatic N) is 4. The molecule has 3 aliphatic rings. The Morgan fingerprint density at radius 1 is 1.12 bits per heavy atom. The first-order valence-electron chi connectivity index (χ1n) is 9.23. The zero-order valence-electron chi connectivity index (χ0n) is 14.6. The van der Waals surface area contributed by atoms with Gasteiger partial charge in [0.15, 0.2) is 0 Å². The molecule has 5 rings (SSSR count). The van der Waals surface area contributed by atoms with E-state index in [4.69, 9.17) is 9.26 Å². The van der Waals surface area contributed by atoms with Crippen LogP contribution in [0.3, 0.4) is 0 Å². The van der Waals surface area contributed by atoms with Crippen molar-refractivity contribution >= 4 is 11.9 Å². The second-order valence-corrected chi connectivity index (χ2v) is 7.71. The summed E-state index contributed by atoms with van der Waals surface area (Å²) in [5.41, 5.74) is 1.09. The van der Waals surface area contributed by atoms with E-state index >= 15 is 0 Å². The van der Waals surface area contributed by atoms with Crippen LogP contribution in [-0.4, -0.2) is 60.3 Å². The highest BCUT2D eigenvalue weighted by Gasteiger charge is 2.50. The number of anilines is 1. The lowest BCUT2D eigenvalue weighted by molar-refractivity contribution is -0.127. The summed E-state index contributed by atoms with van der Waals surface area (Å²) in [5, 5.41) is 4.16. The van der Waals surface area contributed by atoms with Gasteiger partial charge in [-0.25, -0.2) is 0 Å². The van der Waals surface area contributed by atoms with E-state index in [2.05, 4.69) is 15.0 Å². The molecule has 26 heavy (non-hydrogen) atoms. The molecule has 3 aliphatic heterocycles. The summed E-state index contributed by atoms with van der Waals surface area (Å²) in [4.78, 5) is 21.2. The molecular weight excluding hydrogens is 332 g/mol. The molecule has 1 spiro atoms. The van der Waals surface area contributed by atoms with Gasteiger partial charge < -0.3 is 19.1 Å². The molecule has 3 fully saturated rings. The molecule has 0 atom stereocenters. The van der Waals surface area contributed by atoms with Crippen LogP contribution in [0.2, 0.25) is 0 Å². The van der Waals surface area contributed by atoms with Gasteiger partial charge in [-0.1, -0.05) is 18.2 Å². The van der Waals surface area contributed by atoms with Crippen LogP contribution >= 0.6 is 0 Å². The van der Waals surface area contributed by atoms with Crippen LogP contribution in [0.15, 0.2) is 34.9 Å². The highest BCUT2D eigenvalue weighted by molar-refractivity contribution is 5.94. The number of hydrogen-bond donors (Lipinski definition) is 0. The van der Waals surface area contributed by atoms with Crippen molar-refractivity contribution < 1.29 is 14.1 Å². The third kappa shape index (κ3) is 2.67. The third-order valence-corrected chi connectivity index (χ3v) is 5.74. The molecule has 2 aromatic rings. The van der Waals surface area contributed by atoms with Crippen molar-refractivity contribution in [3.8, 4) is 0 Å². The fraction of sp³-hybridized carbons (Fsp3) is 0.526. The Kier molecular flexibility index (Phi) is 3.70. The summed E-state index contributed by atoms with van der Waals surface area (Å²) >= 11 is 0. The van der Waals surface area contributed by atoms with E-state index in [9.17, 15) is 4.79 Å². The molecule has 1 aromatic carbocycles. The largest absolute Gasteiger partial charge is 0.380 e. The van der Waals surface area contributed by atoms with E-state index in [0.717, 1.165) is 57.8 Å². The number of benzene rings is 1. The third-order valence-electron chi connectivity index (χ3n) is 5.74. The van der Waals surface area contributed by atoms with Crippen molar-refractivity contribution in [2.75, 3.05) is 44.3 Å². The first kappa shape index (κ1) is 15.8. The summed E-state index contributed by atoms with van der Waals surface area (Å²) in [6, 6.07) is 9.46. The average molecular weight is 354 g/mol. The van der Waals surface area contributed by atoms with Gasteiger partial charge in [0.05, 0.1) is 18.6 Å². The van der Waals surface area contributed by atoms with Crippen molar-refractivity contribution in [1.29, 1.82) is 0 Å². The van der Waals surface area contributed by atoms with Gasteiger partial charge in [0, 0.05) is 37.7 Å². The topological polar surface area (TPSA) is 71.7 Å². The number of carbonyl (C=O) groups is 1. The molecule has 1 amide bonds. The summed E-state index contributed by atoms with van der Waals surface area (Å²) < 4.78 is 10.8. The highest BCUT2D eigenvalue weighted by Crippen LogP contribution is 2.39. The highest BCUT2D eigenvalue weighted by atomic mass is 16.5. The smallest absolute Gasteiger partial charge is 0.266 e. The quantitative estimate of drug-likeness (QED) is 0.839. The van der Waals surface area contributed by atoms with Crippen LogP contribution in [-0.2, 0) is 4.74 Å². The maximum Gasteiger partial charge on any atom is 0.266 e. The molecule has 0 radical (unpaired) electrons. The molecular formula is C19H22N4O3. The Balaban J connectivity index is 1.18. The minimum Gasteiger partial charge on any atom is -0.380 e. The van der Waals surface area contributed by atoms with E-state index < -0.39 is 0 Å². The Morgan fingerprint density at radius 3 is 2.50 bits per heavy atom. The SMILES string of the molecule is O=C(c1ccccc1)N1CCC(c2nc(N3CC4(COC4)C3)no2)CC1. The van der Waals surface area contributed by atoms with Crippen molar-refractivity contribution in [2.24, 2.45) is 5.41 Å². The van der Waals surface area contributed by atoms with Gasteiger partial charge >= 0.3 is 0 Å². The van der Waals surface area contributed by atoms with Gasteiger partial charge in [0.2, 0.25) is 5.89 Å². The average Bonchev–Trinajstić information content (AvgIpc) is 3.09. The van der Waals surface area contributed by atoms with Crippen LogP contribution in [0, 0.1) is 5.41 Å². The van der Waals surface area contributed by atoms with Crippen LogP contribution in [0.1, 0.15) is 35.0 Å². The number of hydrogen-bond acceptors (Lipinski definition) is 6. The Hall–Kier alpha value is -2.41. The normalized spacial score (nSPS) is 22.2. The number of aromatic nitrogens is 2. The zero-order valence-corrected chi connectivity index (χ0v) is 14.6. The zero-order chi connectivity index (χ0) is 17.6. The number of ether oxygens (including phenoxy) is 1. The first-order chi connectivity index (χ1) is 12.7. The van der Waals surface area contributed by atoms with Crippen molar-refractivity contribution in [3.63, 3.8) is 0 Å². The molecule has 0 bridgehead atoms. The number of rotatable bonds is 3. The number of likely N-dealkylation sites (tertiary alicyclic amines) is 1. The molecule has 0 aliphatic carbocycles. The second kappa shape index (κ2) is 6.09. The lowest BCUT2D eigenvalue weighted by atomic mass is 9.78. The van der Waals surface area contributed by atoms with Crippen LogP contribution in [0.25, 0.3) is 0 Å². The van der Waals surface area contributed by atoms with Crippen molar-refractivity contribution in [2.45, 2.75) is 18.8 Å². The van der Waals surface area contributed by atoms with Crippen molar-refractivity contribution in [3.05, 3.63) is 41.8 Å². The summed E-state index contributed by atoms with van der Waals surface area (Å²) in [6.07, 6.45) is 1.72. The summed E-state index contributed by atoms with van der Waals surface area (Å²) in [5.74, 6) is 1.74. The van der Waals surface area contributed by atoms with E-state index in [1.807, 2.05) is 35.2 Å². The van der Waals surface area contributed by atoms with E-state index in [-0.39, 0.29) is 11.8 Å². The molecule has 3 saturated heterocycles.